The number of hydrogen-bond donors (Lipinski definition) is 2. The third-order valence-corrected chi connectivity index (χ3v) is 4.59. The maximum absolute atomic E-state index is 12.3. The molecule has 3 heterocycles. The van der Waals surface area contributed by atoms with E-state index in [1.807, 2.05) is 44.2 Å². The second-order valence-corrected chi connectivity index (χ2v) is 6.96. The molecule has 0 spiro atoms. The van der Waals surface area contributed by atoms with Crippen molar-refractivity contribution in [3.05, 3.63) is 59.9 Å². The number of anilines is 4. The number of hydrogen-bond acceptors (Lipinski definition) is 8. The molecule has 0 bridgehead atoms. The van der Waals surface area contributed by atoms with E-state index < -0.39 is 0 Å². The lowest BCUT2D eigenvalue weighted by molar-refractivity contribution is 0.102. The highest BCUT2D eigenvalue weighted by Gasteiger charge is 2.14. The summed E-state index contributed by atoms with van der Waals surface area (Å²) in [6.07, 6.45) is 3.03. The Morgan fingerprint density at radius 2 is 1.73 bits per heavy atom. The van der Waals surface area contributed by atoms with E-state index in [0.717, 1.165) is 36.1 Å². The van der Waals surface area contributed by atoms with Crippen LogP contribution in [-0.2, 0) is 4.74 Å². The molecule has 30 heavy (non-hydrogen) atoms. The van der Waals surface area contributed by atoms with Crippen molar-refractivity contribution in [2.24, 2.45) is 0 Å². The first kappa shape index (κ1) is 19.7. The summed E-state index contributed by atoms with van der Waals surface area (Å²) in [5.41, 5.74) is 2.56. The van der Waals surface area contributed by atoms with Gasteiger partial charge in [-0.1, -0.05) is 0 Å². The van der Waals surface area contributed by atoms with Crippen molar-refractivity contribution >= 4 is 28.9 Å². The van der Waals surface area contributed by atoms with Gasteiger partial charge in [-0.25, -0.2) is 15.0 Å². The number of aryl methyl sites for hydroxylation is 2. The molecule has 0 radical (unpaired) electrons. The Balaban J connectivity index is 1.42. The minimum atomic E-state index is -0.301. The molecule has 4 rings (SSSR count). The monoisotopic (exact) mass is 405 g/mol. The maximum atomic E-state index is 12.3. The van der Waals surface area contributed by atoms with Crippen LogP contribution in [0.25, 0.3) is 0 Å². The van der Waals surface area contributed by atoms with Gasteiger partial charge in [0.1, 0.15) is 23.2 Å². The van der Waals surface area contributed by atoms with Crippen molar-refractivity contribution < 1.29 is 9.53 Å². The van der Waals surface area contributed by atoms with Gasteiger partial charge in [0, 0.05) is 36.7 Å². The van der Waals surface area contributed by atoms with E-state index in [1.54, 1.807) is 6.20 Å². The van der Waals surface area contributed by atoms with Gasteiger partial charge >= 0.3 is 0 Å². The SMILES string of the molecule is Cc1cnc(C(=O)Nc2ccc(Nc3cc(N4CCOCC4)nc(C)n3)cc2)cn1. The normalized spacial score (nSPS) is 13.7. The average molecular weight is 405 g/mol. The largest absolute Gasteiger partial charge is 0.378 e. The summed E-state index contributed by atoms with van der Waals surface area (Å²) in [7, 11) is 0. The molecule has 1 fully saturated rings. The summed E-state index contributed by atoms with van der Waals surface area (Å²) in [5.74, 6) is 2.00. The molecule has 1 amide bonds. The van der Waals surface area contributed by atoms with E-state index in [4.69, 9.17) is 4.74 Å². The zero-order chi connectivity index (χ0) is 20.9. The number of nitrogens with zero attached hydrogens (tertiary/aromatic N) is 5. The van der Waals surface area contributed by atoms with Crippen LogP contribution in [0.5, 0.6) is 0 Å². The van der Waals surface area contributed by atoms with Crippen molar-refractivity contribution in [3.63, 3.8) is 0 Å². The molecule has 1 saturated heterocycles. The van der Waals surface area contributed by atoms with E-state index >= 15 is 0 Å². The zero-order valence-corrected chi connectivity index (χ0v) is 16.9. The van der Waals surface area contributed by atoms with Gasteiger partial charge in [-0.05, 0) is 38.1 Å². The minimum Gasteiger partial charge on any atom is -0.378 e. The van der Waals surface area contributed by atoms with Crippen LogP contribution in [0.15, 0.2) is 42.7 Å². The fourth-order valence-electron chi connectivity index (χ4n) is 3.06. The first-order valence-corrected chi connectivity index (χ1v) is 9.72. The van der Waals surface area contributed by atoms with Crippen LogP contribution in [0, 0.1) is 13.8 Å². The molecular weight excluding hydrogens is 382 g/mol. The molecule has 0 saturated carbocycles. The summed E-state index contributed by atoms with van der Waals surface area (Å²) in [4.78, 5) is 31.7. The topological polar surface area (TPSA) is 105 Å². The van der Waals surface area contributed by atoms with Crippen molar-refractivity contribution in [2.75, 3.05) is 41.8 Å². The van der Waals surface area contributed by atoms with Gasteiger partial charge < -0.3 is 20.3 Å². The van der Waals surface area contributed by atoms with Gasteiger partial charge in [0.05, 0.1) is 25.1 Å². The predicted octanol–water partition coefficient (Wildman–Crippen LogP) is 2.72. The standard InChI is InChI=1S/C21H23N7O2/c1-14-12-23-18(13-22-14)21(29)27-17-5-3-16(4-6-17)26-19-11-20(25-15(2)24-19)28-7-9-30-10-8-28/h3-6,11-13H,7-10H2,1-2H3,(H,27,29)(H,24,25,26). The second-order valence-electron chi connectivity index (χ2n) is 6.96. The first-order chi connectivity index (χ1) is 14.6. The highest BCUT2D eigenvalue weighted by molar-refractivity contribution is 6.02. The average Bonchev–Trinajstić information content (AvgIpc) is 2.76. The molecule has 9 nitrogen and oxygen atoms in total. The Morgan fingerprint density at radius 3 is 2.43 bits per heavy atom. The van der Waals surface area contributed by atoms with Gasteiger partial charge in [0.2, 0.25) is 0 Å². The van der Waals surface area contributed by atoms with Crippen LogP contribution in [0.3, 0.4) is 0 Å². The third kappa shape index (κ3) is 4.87. The Kier molecular flexibility index (Phi) is 5.80. The number of carbonyl (C=O) groups is 1. The lowest BCUT2D eigenvalue weighted by atomic mass is 10.2. The lowest BCUT2D eigenvalue weighted by Gasteiger charge is -2.28. The predicted molar refractivity (Wildman–Crippen MR) is 114 cm³/mol. The van der Waals surface area contributed by atoms with Crippen molar-refractivity contribution in [3.8, 4) is 0 Å². The number of aromatic nitrogens is 4. The Labute approximate surface area is 174 Å². The number of ether oxygens (including phenoxy) is 1. The molecule has 1 aromatic carbocycles. The third-order valence-electron chi connectivity index (χ3n) is 4.59. The molecule has 0 aliphatic carbocycles. The summed E-state index contributed by atoms with van der Waals surface area (Å²) < 4.78 is 5.41. The Morgan fingerprint density at radius 1 is 1.00 bits per heavy atom. The van der Waals surface area contributed by atoms with Crippen LogP contribution >= 0.6 is 0 Å². The molecular formula is C21H23N7O2. The van der Waals surface area contributed by atoms with Gasteiger partial charge in [0.15, 0.2) is 0 Å². The molecule has 154 valence electrons. The quantitative estimate of drug-likeness (QED) is 0.668. The van der Waals surface area contributed by atoms with Crippen LogP contribution in [0.2, 0.25) is 0 Å². The molecule has 0 unspecified atom stereocenters. The lowest BCUT2D eigenvalue weighted by Crippen LogP contribution is -2.36. The van der Waals surface area contributed by atoms with Crippen LogP contribution in [0.4, 0.5) is 23.0 Å². The smallest absolute Gasteiger partial charge is 0.275 e. The van der Waals surface area contributed by atoms with Gasteiger partial charge in [-0.15, -0.1) is 0 Å². The summed E-state index contributed by atoms with van der Waals surface area (Å²) in [5, 5.41) is 6.12. The zero-order valence-electron chi connectivity index (χ0n) is 16.9. The molecule has 0 atom stereocenters. The molecule has 2 aromatic heterocycles. The van der Waals surface area contributed by atoms with Crippen LogP contribution < -0.4 is 15.5 Å². The number of amides is 1. The molecule has 3 aromatic rings. The van der Waals surface area contributed by atoms with E-state index in [-0.39, 0.29) is 11.6 Å². The van der Waals surface area contributed by atoms with Crippen molar-refractivity contribution in [1.82, 2.24) is 19.9 Å². The second kappa shape index (κ2) is 8.83. The summed E-state index contributed by atoms with van der Waals surface area (Å²) in [6, 6.07) is 9.33. The van der Waals surface area contributed by atoms with Crippen molar-refractivity contribution in [1.29, 1.82) is 0 Å². The van der Waals surface area contributed by atoms with Gasteiger partial charge in [-0.3, -0.25) is 9.78 Å². The molecule has 1 aliphatic rings. The Hall–Kier alpha value is -3.59. The maximum Gasteiger partial charge on any atom is 0.275 e. The highest BCUT2D eigenvalue weighted by Crippen LogP contribution is 2.22. The number of morpholine rings is 1. The van der Waals surface area contributed by atoms with E-state index in [0.29, 0.717) is 24.7 Å². The fraction of sp³-hybridized carbons (Fsp3) is 0.286. The van der Waals surface area contributed by atoms with Crippen LogP contribution in [0.1, 0.15) is 22.0 Å². The van der Waals surface area contributed by atoms with Crippen molar-refractivity contribution in [2.45, 2.75) is 13.8 Å². The molecule has 9 heteroatoms. The van der Waals surface area contributed by atoms with E-state index in [9.17, 15) is 4.79 Å². The number of nitrogens with one attached hydrogen (secondary N) is 2. The molecule has 1 aliphatic heterocycles. The Bertz CT molecular complexity index is 1020. The summed E-state index contributed by atoms with van der Waals surface area (Å²) >= 11 is 0. The van der Waals surface area contributed by atoms with E-state index in [2.05, 4.69) is 35.5 Å². The first-order valence-electron chi connectivity index (χ1n) is 9.72. The highest BCUT2D eigenvalue weighted by atomic mass is 16.5. The number of rotatable bonds is 5. The minimum absolute atomic E-state index is 0.273. The van der Waals surface area contributed by atoms with Gasteiger partial charge in [0.25, 0.3) is 5.91 Å². The summed E-state index contributed by atoms with van der Waals surface area (Å²) in [6.45, 7) is 6.73. The fourth-order valence-corrected chi connectivity index (χ4v) is 3.06. The molecule has 2 N–H and O–H groups in total. The van der Waals surface area contributed by atoms with Gasteiger partial charge in [-0.2, -0.15) is 0 Å². The van der Waals surface area contributed by atoms with Crippen LogP contribution in [-0.4, -0.2) is 52.1 Å². The number of benzene rings is 1. The van der Waals surface area contributed by atoms with E-state index in [1.165, 1.54) is 6.20 Å². The number of carbonyl (C=O) groups excluding carboxylic acids is 1.